The summed E-state index contributed by atoms with van der Waals surface area (Å²) in [4.78, 5) is 0. The maximum atomic E-state index is 10.7. The third-order valence-electron chi connectivity index (χ3n) is 0.877. The maximum Gasteiger partial charge on any atom is 0.522 e. The van der Waals surface area contributed by atoms with Gasteiger partial charge in [0.05, 0.1) is 0 Å². The van der Waals surface area contributed by atoms with Gasteiger partial charge in [0, 0.05) is 25.8 Å². The van der Waals surface area contributed by atoms with E-state index in [-0.39, 0.29) is 25.8 Å². The second-order valence-electron chi connectivity index (χ2n) is 2.76. The molecule has 0 bridgehead atoms. The second-order valence-corrected chi connectivity index (χ2v) is 7.00. The van der Waals surface area contributed by atoms with Crippen LogP contribution in [0, 0.1) is 0 Å². The Bertz CT molecular complexity index is 596. The third-order valence-corrected chi connectivity index (χ3v) is 2.63. The molecule has 0 aliphatic heterocycles. The maximum absolute atomic E-state index is 10.7. The fourth-order valence-corrected chi connectivity index (χ4v) is 0. The van der Waals surface area contributed by atoms with Crippen molar-refractivity contribution in [1.29, 1.82) is 0 Å². The van der Waals surface area contributed by atoms with Gasteiger partial charge >= 0.3 is 46.9 Å². The topological polar surface area (TPSA) is 163 Å². The molecule has 0 saturated carbocycles. The molecule has 0 spiro atoms. The zero-order valence-corrected chi connectivity index (χ0v) is 16.2. The van der Waals surface area contributed by atoms with Crippen molar-refractivity contribution in [1.82, 2.24) is 0 Å². The summed E-state index contributed by atoms with van der Waals surface area (Å²) in [5.74, 6) is 0. The predicted molar refractivity (Wildman–Crippen MR) is 58.6 cm³/mol. The molecule has 3 radical (unpaired) electrons. The van der Waals surface area contributed by atoms with Crippen LogP contribution in [-0.4, -0.2) is 81.3 Å². The summed E-state index contributed by atoms with van der Waals surface area (Å²) in [6.45, 7) is 0. The number of rotatable bonds is 0. The molecular formula is C3H3F9InO9S3. The van der Waals surface area contributed by atoms with E-state index in [0.29, 0.717) is 0 Å². The number of hydrogen-bond donors (Lipinski definition) is 3. The van der Waals surface area contributed by atoms with Gasteiger partial charge in [-0.1, -0.05) is 0 Å². The Morgan fingerprint density at radius 2 is 0.480 bits per heavy atom. The molecule has 0 atom stereocenters. The Labute approximate surface area is 151 Å². The van der Waals surface area contributed by atoms with Crippen LogP contribution < -0.4 is 0 Å². The van der Waals surface area contributed by atoms with Crippen LogP contribution in [0.3, 0.4) is 0 Å². The van der Waals surface area contributed by atoms with Crippen LogP contribution in [0.15, 0.2) is 0 Å². The van der Waals surface area contributed by atoms with E-state index in [1.54, 1.807) is 0 Å². The average Bonchev–Trinajstić information content (AvgIpc) is 2.08. The predicted octanol–water partition coefficient (Wildman–Crippen LogP) is 0.801. The fourth-order valence-electron chi connectivity index (χ4n) is 0. The summed E-state index contributed by atoms with van der Waals surface area (Å²) < 4.78 is 173. The number of hydrogen-bond acceptors (Lipinski definition) is 6. The van der Waals surface area contributed by atoms with Gasteiger partial charge in [-0.3, -0.25) is 13.7 Å². The summed E-state index contributed by atoms with van der Waals surface area (Å²) >= 11 is 0. The Morgan fingerprint density at radius 3 is 0.480 bits per heavy atom. The van der Waals surface area contributed by atoms with Crippen LogP contribution >= 0.6 is 0 Å². The Kier molecular flexibility index (Phi) is 12.8. The van der Waals surface area contributed by atoms with Gasteiger partial charge in [0.25, 0.3) is 0 Å². The zero-order valence-electron chi connectivity index (χ0n) is 10.5. The van der Waals surface area contributed by atoms with Gasteiger partial charge < -0.3 is 0 Å². The summed E-state index contributed by atoms with van der Waals surface area (Å²) in [5, 5.41) is 0. The molecule has 0 aromatic heterocycles. The van der Waals surface area contributed by atoms with Crippen LogP contribution in [0.25, 0.3) is 0 Å². The minimum Gasteiger partial charge on any atom is -0.279 e. The van der Waals surface area contributed by atoms with Crippen molar-refractivity contribution >= 4 is 56.2 Å². The number of halogens is 9. The molecule has 0 rings (SSSR count). The van der Waals surface area contributed by atoms with Crippen molar-refractivity contribution in [3.63, 3.8) is 0 Å². The summed E-state index contributed by atoms with van der Waals surface area (Å²) in [5.41, 5.74) is -16.6. The van der Waals surface area contributed by atoms with Crippen molar-refractivity contribution in [2.24, 2.45) is 0 Å². The van der Waals surface area contributed by atoms with Gasteiger partial charge in [-0.2, -0.15) is 64.8 Å². The molecule has 3 N–H and O–H groups in total. The molecule has 0 aromatic carbocycles. The first-order chi connectivity index (χ1) is 9.75. The Morgan fingerprint density at radius 1 is 0.440 bits per heavy atom. The van der Waals surface area contributed by atoms with E-state index in [9.17, 15) is 39.5 Å². The Hall–Kier alpha value is -0.0299. The van der Waals surface area contributed by atoms with Crippen LogP contribution in [0.2, 0.25) is 0 Å². The normalized spacial score (nSPS) is 13.4. The van der Waals surface area contributed by atoms with Gasteiger partial charge in [-0.05, 0) is 0 Å². The molecule has 0 fully saturated rings. The number of alkyl halides is 9. The standard InChI is InChI=1S/3CHF3O3S.In/c3*2-1(3,4)8(5,6)7;/h3*(H,5,6,7);. The second kappa shape index (κ2) is 9.77. The first-order valence-corrected chi connectivity index (χ1v) is 8.18. The van der Waals surface area contributed by atoms with E-state index in [2.05, 4.69) is 0 Å². The van der Waals surface area contributed by atoms with E-state index in [1.165, 1.54) is 0 Å². The molecule has 22 heteroatoms. The van der Waals surface area contributed by atoms with Crippen molar-refractivity contribution < 1.29 is 78.4 Å². The molecule has 153 valence electrons. The smallest absolute Gasteiger partial charge is 0.279 e. The van der Waals surface area contributed by atoms with E-state index >= 15 is 0 Å². The van der Waals surface area contributed by atoms with Crippen molar-refractivity contribution in [2.75, 3.05) is 0 Å². The zero-order chi connectivity index (χ0) is 21.0. The van der Waals surface area contributed by atoms with Crippen molar-refractivity contribution in [3.8, 4) is 0 Å². The van der Waals surface area contributed by atoms with Gasteiger partial charge in [0.2, 0.25) is 0 Å². The fraction of sp³-hybridized carbons (Fsp3) is 1.00. The molecular weight excluding hydrogens is 562 g/mol. The van der Waals surface area contributed by atoms with Crippen LogP contribution in [0.4, 0.5) is 39.5 Å². The van der Waals surface area contributed by atoms with E-state index in [0.717, 1.165) is 0 Å². The van der Waals surface area contributed by atoms with E-state index in [4.69, 9.17) is 38.9 Å². The first-order valence-electron chi connectivity index (χ1n) is 3.86. The van der Waals surface area contributed by atoms with Gasteiger partial charge in [0.1, 0.15) is 0 Å². The van der Waals surface area contributed by atoms with Crippen LogP contribution in [0.5, 0.6) is 0 Å². The molecule has 9 nitrogen and oxygen atoms in total. The summed E-state index contributed by atoms with van der Waals surface area (Å²) in [7, 11) is -17.5. The molecule has 25 heavy (non-hydrogen) atoms. The van der Waals surface area contributed by atoms with Crippen LogP contribution in [0.1, 0.15) is 0 Å². The molecule has 0 aliphatic rings. The molecule has 0 unspecified atom stereocenters. The van der Waals surface area contributed by atoms with Gasteiger partial charge in [-0.15, -0.1) is 0 Å². The third kappa shape index (κ3) is 15.9. The monoisotopic (exact) mass is 565 g/mol. The molecule has 0 heterocycles. The first kappa shape index (κ1) is 32.6. The van der Waals surface area contributed by atoms with E-state index < -0.39 is 46.9 Å². The SMILES string of the molecule is O=S(=O)(O)C(F)(F)F.O=S(=O)(O)C(F)(F)F.O=S(=O)(O)C(F)(F)F.[In]. The minimum absolute atomic E-state index is 0. The summed E-state index contributed by atoms with van der Waals surface area (Å²) in [6.07, 6.45) is 0. The van der Waals surface area contributed by atoms with Gasteiger partial charge in [0.15, 0.2) is 0 Å². The van der Waals surface area contributed by atoms with E-state index in [1.807, 2.05) is 0 Å². The average molecular weight is 565 g/mol. The van der Waals surface area contributed by atoms with Crippen LogP contribution in [-0.2, 0) is 30.4 Å². The minimum atomic E-state index is -5.84. The molecule has 0 aromatic rings. The van der Waals surface area contributed by atoms with Gasteiger partial charge in [-0.25, -0.2) is 0 Å². The largest absolute Gasteiger partial charge is 0.522 e. The quantitative estimate of drug-likeness (QED) is 0.219. The molecule has 0 saturated heterocycles. The molecule has 0 aliphatic carbocycles. The van der Waals surface area contributed by atoms with Crippen molar-refractivity contribution in [2.45, 2.75) is 16.5 Å². The summed E-state index contributed by atoms with van der Waals surface area (Å²) in [6, 6.07) is 0. The molecule has 0 amide bonds. The van der Waals surface area contributed by atoms with Crippen molar-refractivity contribution in [3.05, 3.63) is 0 Å². The Balaban J connectivity index is -0.000000130.